The highest BCUT2D eigenvalue weighted by molar-refractivity contribution is 8.03. The van der Waals surface area contributed by atoms with E-state index in [2.05, 4.69) is 39.5 Å². The summed E-state index contributed by atoms with van der Waals surface area (Å²) in [7, 11) is 0. The topological polar surface area (TPSA) is 176 Å². The summed E-state index contributed by atoms with van der Waals surface area (Å²) in [5, 5.41) is 11.0. The predicted molar refractivity (Wildman–Crippen MR) is 211 cm³/mol. The molecule has 2 saturated carbocycles. The number of carbonyl (C=O) groups is 3. The smallest absolute Gasteiger partial charge is 0.251 e. The monoisotopic (exact) mass is 786 g/mol. The highest BCUT2D eigenvalue weighted by atomic mass is 32.2. The van der Waals surface area contributed by atoms with Crippen LogP contribution in [-0.4, -0.2) is 117 Å². The van der Waals surface area contributed by atoms with Crippen LogP contribution in [0.25, 0.3) is 11.0 Å². The number of nitrogens with two attached hydrogens (primary N) is 1. The van der Waals surface area contributed by atoms with Gasteiger partial charge in [0.25, 0.3) is 5.91 Å². The van der Waals surface area contributed by atoms with Crippen LogP contribution in [0.15, 0.2) is 18.2 Å². The summed E-state index contributed by atoms with van der Waals surface area (Å²) in [5.74, 6) is 3.03. The number of rotatable bonds is 18. The summed E-state index contributed by atoms with van der Waals surface area (Å²) >= 11 is 4.11. The third-order valence-electron chi connectivity index (χ3n) is 11.0. The summed E-state index contributed by atoms with van der Waals surface area (Å²) in [4.78, 5) is 46.8. The first-order valence-electron chi connectivity index (χ1n) is 19.9. The molecule has 0 spiro atoms. The van der Waals surface area contributed by atoms with Gasteiger partial charge in [0.1, 0.15) is 0 Å². The molecule has 2 aliphatic carbocycles. The van der Waals surface area contributed by atoms with E-state index in [1.807, 2.05) is 18.2 Å². The average molecular weight is 787 g/mol. The minimum absolute atomic E-state index is 0.164. The van der Waals surface area contributed by atoms with Crippen molar-refractivity contribution in [2.75, 3.05) is 72.5 Å². The number of ether oxygens (including phenoxy) is 4. The Morgan fingerprint density at radius 3 is 2.04 bits per heavy atom. The molecule has 6 rings (SSSR count). The maximum atomic E-state index is 13.0. The molecule has 0 bridgehead atoms. The number of nitrogens with zero attached hydrogens (tertiary/aromatic N) is 2. The molecule has 3 heterocycles. The normalized spacial score (nSPS) is 24.6. The van der Waals surface area contributed by atoms with Crippen molar-refractivity contribution in [1.29, 1.82) is 0 Å². The molecule has 0 radical (unpaired) electrons. The maximum absolute atomic E-state index is 13.0. The van der Waals surface area contributed by atoms with Crippen LogP contribution in [0.3, 0.4) is 0 Å². The minimum Gasteiger partial charge on any atom is -0.379 e. The van der Waals surface area contributed by atoms with Crippen molar-refractivity contribution in [1.82, 2.24) is 25.9 Å². The van der Waals surface area contributed by atoms with Gasteiger partial charge < -0.3 is 40.6 Å². The SMILES string of the molecule is NC(=O)CCOCCOCCOCCOCCNC(=O)c1ccc2nc3c(nc2c1)CSC1C2CCCCC(NC(=O)C4CCNCC4)CCC2C1SC3. The van der Waals surface area contributed by atoms with Crippen molar-refractivity contribution in [2.45, 2.75) is 85.8 Å². The lowest BCUT2D eigenvalue weighted by molar-refractivity contribution is -0.126. The van der Waals surface area contributed by atoms with Crippen LogP contribution in [0.1, 0.15) is 79.5 Å². The fraction of sp³-hybridized carbons (Fsp3) is 0.718. The van der Waals surface area contributed by atoms with Crippen LogP contribution < -0.4 is 21.7 Å². The van der Waals surface area contributed by atoms with Crippen LogP contribution >= 0.6 is 23.5 Å². The van der Waals surface area contributed by atoms with Crippen molar-refractivity contribution in [3.8, 4) is 0 Å². The molecular formula is C39H58N6O7S2. The van der Waals surface area contributed by atoms with Gasteiger partial charge >= 0.3 is 0 Å². The molecule has 1 saturated heterocycles. The molecule has 5 unspecified atom stereocenters. The molecule has 5 atom stereocenters. The average Bonchev–Trinajstić information content (AvgIpc) is 3.25. The molecule has 13 nitrogen and oxygen atoms in total. The number of nitrogens with one attached hydrogen (secondary N) is 3. The third-order valence-corrected chi connectivity index (χ3v) is 14.1. The molecule has 298 valence electrons. The van der Waals surface area contributed by atoms with Crippen LogP contribution in [-0.2, 0) is 40.0 Å². The fourth-order valence-corrected chi connectivity index (χ4v) is 11.6. The lowest BCUT2D eigenvalue weighted by atomic mass is 9.68. The molecule has 15 heteroatoms. The molecule has 5 N–H and O–H groups in total. The molecule has 4 aliphatic rings. The first-order chi connectivity index (χ1) is 26.5. The minimum atomic E-state index is -0.381. The number of benzene rings is 1. The van der Waals surface area contributed by atoms with Crippen LogP contribution in [0.5, 0.6) is 0 Å². The summed E-state index contributed by atoms with van der Waals surface area (Å²) in [6, 6.07) is 5.87. The molecule has 54 heavy (non-hydrogen) atoms. The summed E-state index contributed by atoms with van der Waals surface area (Å²) in [6.07, 6.45) is 9.18. The highest BCUT2D eigenvalue weighted by Gasteiger charge is 2.50. The second-order valence-electron chi connectivity index (χ2n) is 14.7. The van der Waals surface area contributed by atoms with Crippen molar-refractivity contribution < 1.29 is 33.3 Å². The van der Waals surface area contributed by atoms with Crippen molar-refractivity contribution in [2.24, 2.45) is 23.5 Å². The number of piperidine rings is 1. The Morgan fingerprint density at radius 1 is 0.741 bits per heavy atom. The Bertz CT molecular complexity index is 1530. The number of carbonyl (C=O) groups excluding carboxylic acids is 3. The van der Waals surface area contributed by atoms with Crippen LogP contribution in [0, 0.1) is 17.8 Å². The summed E-state index contributed by atoms with van der Waals surface area (Å²) in [5.41, 5.74) is 9.29. The largest absolute Gasteiger partial charge is 0.379 e. The molecular weight excluding hydrogens is 729 g/mol. The van der Waals surface area contributed by atoms with Crippen molar-refractivity contribution in [3.05, 3.63) is 35.2 Å². The Hall–Kier alpha value is -2.53. The van der Waals surface area contributed by atoms with Gasteiger partial charge in [0.15, 0.2) is 0 Å². The van der Waals surface area contributed by atoms with Crippen LogP contribution in [0.4, 0.5) is 0 Å². The zero-order valence-electron chi connectivity index (χ0n) is 31.4. The van der Waals surface area contributed by atoms with E-state index in [1.54, 1.807) is 0 Å². The van der Waals surface area contributed by atoms with Gasteiger partial charge in [-0.15, -0.1) is 0 Å². The van der Waals surface area contributed by atoms with Gasteiger partial charge in [0.2, 0.25) is 11.8 Å². The van der Waals surface area contributed by atoms with Crippen molar-refractivity contribution >= 4 is 52.3 Å². The number of hydrogen-bond donors (Lipinski definition) is 4. The highest BCUT2D eigenvalue weighted by Crippen LogP contribution is 2.56. The Morgan fingerprint density at radius 2 is 1.35 bits per heavy atom. The molecule has 1 aromatic heterocycles. The van der Waals surface area contributed by atoms with Gasteiger partial charge in [-0.25, -0.2) is 9.97 Å². The molecule has 3 fully saturated rings. The van der Waals surface area contributed by atoms with E-state index < -0.39 is 0 Å². The van der Waals surface area contributed by atoms with E-state index in [1.165, 1.54) is 25.7 Å². The van der Waals surface area contributed by atoms with E-state index in [9.17, 15) is 14.4 Å². The molecule has 1 aromatic carbocycles. The van der Waals surface area contributed by atoms with E-state index in [4.69, 9.17) is 34.6 Å². The van der Waals surface area contributed by atoms with Gasteiger partial charge in [-0.2, -0.15) is 23.5 Å². The number of aromatic nitrogens is 2. The van der Waals surface area contributed by atoms with Gasteiger partial charge in [-0.3, -0.25) is 14.4 Å². The quantitative estimate of drug-likeness (QED) is 0.162. The Balaban J connectivity index is 0.904. The maximum Gasteiger partial charge on any atom is 0.251 e. The molecule has 2 aromatic rings. The van der Waals surface area contributed by atoms with Gasteiger partial charge in [-0.1, -0.05) is 12.8 Å². The first kappa shape index (κ1) is 41.1. The number of primary amides is 1. The van der Waals surface area contributed by atoms with E-state index >= 15 is 0 Å². The van der Waals surface area contributed by atoms with E-state index in [0.29, 0.717) is 87.4 Å². The van der Waals surface area contributed by atoms with Crippen LogP contribution in [0.2, 0.25) is 0 Å². The zero-order chi connectivity index (χ0) is 37.5. The predicted octanol–water partition coefficient (Wildman–Crippen LogP) is 3.60. The number of hydrogen-bond acceptors (Lipinski definition) is 12. The van der Waals surface area contributed by atoms with Gasteiger partial charge in [0, 0.05) is 52.5 Å². The third kappa shape index (κ3) is 12.0. The second kappa shape index (κ2) is 21.7. The second-order valence-corrected chi connectivity index (χ2v) is 17.0. The van der Waals surface area contributed by atoms with E-state index in [0.717, 1.165) is 78.6 Å². The fourth-order valence-electron chi connectivity index (χ4n) is 8.00. The van der Waals surface area contributed by atoms with E-state index in [-0.39, 0.29) is 30.1 Å². The number of amides is 3. The zero-order valence-corrected chi connectivity index (χ0v) is 33.0. The Labute approximate surface area is 327 Å². The number of thioether (sulfide) groups is 2. The standard InChI is InChI=1S/C39H58N6O7S2/c40-35(46)11-15-49-17-19-51-21-22-52-20-18-50-16-14-42-38(47)27-5-8-31-32(23-27)45-34-25-53-36-29-4-2-1-3-28(43-39(48)26-9-12-41-13-10-26)6-7-30(29)37(36)54-24-33(34)44-31/h5,8,23,26,28-30,36-37,41H,1-4,6-7,9-22,24-25H2,(H2,40,46)(H,42,47)(H,43,48). The lowest BCUT2D eigenvalue weighted by Crippen LogP contribution is -2.52. The first-order valence-corrected chi connectivity index (χ1v) is 22.0. The Kier molecular flexibility index (Phi) is 16.5. The van der Waals surface area contributed by atoms with Gasteiger partial charge in [0.05, 0.1) is 75.3 Å². The summed E-state index contributed by atoms with van der Waals surface area (Å²) in [6.45, 7) is 5.52. The van der Waals surface area contributed by atoms with Crippen molar-refractivity contribution in [3.63, 3.8) is 0 Å². The van der Waals surface area contributed by atoms with Gasteiger partial charge in [-0.05, 0) is 81.6 Å². The summed E-state index contributed by atoms with van der Waals surface area (Å²) < 4.78 is 21.7. The molecule has 3 amide bonds. The lowest BCUT2D eigenvalue weighted by Gasteiger charge is -2.52. The number of fused-ring (bicyclic) bond motifs is 6. The molecule has 2 aliphatic heterocycles.